The number of nitrogens with one attached hydrogen (secondary N) is 1. The van der Waals surface area contributed by atoms with Gasteiger partial charge in [0.15, 0.2) is 0 Å². The highest BCUT2D eigenvalue weighted by Crippen LogP contribution is 2.37. The zero-order chi connectivity index (χ0) is 16.0. The number of rotatable bonds is 7. The number of methoxy groups -OCH3 is 1. The Bertz CT molecular complexity index is 394. The Kier molecular flexibility index (Phi) is 6.20. The highest BCUT2D eigenvalue weighted by atomic mass is 16.5. The number of piperidine rings is 1. The topological polar surface area (TPSA) is 84.7 Å². The van der Waals surface area contributed by atoms with E-state index in [4.69, 9.17) is 10.5 Å². The van der Waals surface area contributed by atoms with Crippen LogP contribution in [0.2, 0.25) is 0 Å². The van der Waals surface area contributed by atoms with Crippen molar-refractivity contribution >= 4 is 11.8 Å². The quantitative estimate of drug-likeness (QED) is 0.717. The van der Waals surface area contributed by atoms with Gasteiger partial charge in [0, 0.05) is 25.6 Å². The maximum absolute atomic E-state index is 12.4. The number of hydrogen-bond donors (Lipinski definition) is 2. The Labute approximate surface area is 132 Å². The van der Waals surface area contributed by atoms with Crippen molar-refractivity contribution in [2.45, 2.75) is 38.5 Å². The van der Waals surface area contributed by atoms with Crippen LogP contribution in [-0.4, -0.2) is 56.6 Å². The molecule has 2 fully saturated rings. The van der Waals surface area contributed by atoms with E-state index in [9.17, 15) is 9.59 Å². The summed E-state index contributed by atoms with van der Waals surface area (Å²) in [6.07, 6.45) is 6.51. The molecule has 1 aliphatic carbocycles. The number of nitrogens with two attached hydrogens (primary N) is 1. The summed E-state index contributed by atoms with van der Waals surface area (Å²) in [5.41, 5.74) is 5.36. The smallest absolute Gasteiger partial charge is 0.231 e. The van der Waals surface area contributed by atoms with Gasteiger partial charge in [0.2, 0.25) is 11.8 Å². The molecule has 2 rings (SSSR count). The van der Waals surface area contributed by atoms with Crippen LogP contribution in [0.1, 0.15) is 38.5 Å². The van der Waals surface area contributed by atoms with E-state index in [1.54, 1.807) is 7.11 Å². The summed E-state index contributed by atoms with van der Waals surface area (Å²) in [5.74, 6) is -0.253. The van der Waals surface area contributed by atoms with Gasteiger partial charge >= 0.3 is 0 Å². The number of likely N-dealkylation sites (tertiary alicyclic amines) is 1. The number of carbonyl (C=O) groups is 2. The summed E-state index contributed by atoms with van der Waals surface area (Å²) < 4.78 is 5.36. The normalized spacial score (nSPS) is 25.0. The molecule has 126 valence electrons. The molecule has 1 atom stereocenters. The minimum absolute atomic E-state index is 0.0332. The lowest BCUT2D eigenvalue weighted by atomic mass is 9.86. The largest absolute Gasteiger partial charge is 0.384 e. The van der Waals surface area contributed by atoms with Gasteiger partial charge in [0.25, 0.3) is 0 Å². The van der Waals surface area contributed by atoms with Crippen LogP contribution in [0.5, 0.6) is 0 Å². The highest BCUT2D eigenvalue weighted by molar-refractivity contribution is 5.79. The lowest BCUT2D eigenvalue weighted by Gasteiger charge is -2.33. The third-order valence-electron chi connectivity index (χ3n) is 5.01. The fraction of sp³-hybridized carbons (Fsp3) is 0.875. The van der Waals surface area contributed by atoms with Gasteiger partial charge in [0.1, 0.15) is 0 Å². The van der Waals surface area contributed by atoms with E-state index in [1.807, 2.05) is 4.90 Å². The summed E-state index contributed by atoms with van der Waals surface area (Å²) >= 11 is 0. The van der Waals surface area contributed by atoms with Gasteiger partial charge in [-0.1, -0.05) is 12.8 Å². The zero-order valence-electron chi connectivity index (χ0n) is 13.6. The number of primary amides is 1. The Morgan fingerprint density at radius 3 is 2.68 bits per heavy atom. The fourth-order valence-corrected chi connectivity index (χ4v) is 3.86. The lowest BCUT2D eigenvalue weighted by Crippen LogP contribution is -2.47. The number of hydrogen-bond acceptors (Lipinski definition) is 4. The molecule has 1 saturated carbocycles. The monoisotopic (exact) mass is 311 g/mol. The predicted molar refractivity (Wildman–Crippen MR) is 84.1 cm³/mol. The average molecular weight is 311 g/mol. The van der Waals surface area contributed by atoms with Crippen LogP contribution in [0.4, 0.5) is 0 Å². The van der Waals surface area contributed by atoms with Crippen molar-refractivity contribution in [1.29, 1.82) is 0 Å². The molecular formula is C16H29N3O3. The second-order valence-corrected chi connectivity index (χ2v) is 6.90. The third-order valence-corrected chi connectivity index (χ3v) is 5.01. The molecule has 0 aromatic carbocycles. The molecule has 1 saturated heterocycles. The Hall–Kier alpha value is -1.14. The molecule has 6 nitrogen and oxygen atoms in total. The van der Waals surface area contributed by atoms with Crippen molar-refractivity contribution in [2.75, 3.05) is 39.9 Å². The molecule has 6 heteroatoms. The van der Waals surface area contributed by atoms with Crippen molar-refractivity contribution in [2.24, 2.45) is 17.1 Å². The summed E-state index contributed by atoms with van der Waals surface area (Å²) in [6, 6.07) is 0. The Morgan fingerprint density at radius 1 is 1.32 bits per heavy atom. The molecule has 1 unspecified atom stereocenters. The molecule has 22 heavy (non-hydrogen) atoms. The Balaban J connectivity index is 1.82. The van der Waals surface area contributed by atoms with Crippen LogP contribution in [-0.2, 0) is 14.3 Å². The first-order valence-corrected chi connectivity index (χ1v) is 8.32. The van der Waals surface area contributed by atoms with Gasteiger partial charge in [-0.25, -0.2) is 0 Å². The van der Waals surface area contributed by atoms with Crippen LogP contribution >= 0.6 is 0 Å². The zero-order valence-corrected chi connectivity index (χ0v) is 13.6. The number of carbonyl (C=O) groups excluding carboxylic acids is 2. The first-order valence-electron chi connectivity index (χ1n) is 8.32. The van der Waals surface area contributed by atoms with Gasteiger partial charge in [-0.05, 0) is 32.2 Å². The molecule has 1 aliphatic heterocycles. The minimum atomic E-state index is -0.328. The second kappa shape index (κ2) is 7.92. The van der Waals surface area contributed by atoms with Crippen molar-refractivity contribution < 1.29 is 14.3 Å². The number of amides is 2. The van der Waals surface area contributed by atoms with E-state index in [-0.39, 0.29) is 29.7 Å². The first-order chi connectivity index (χ1) is 10.5. The van der Waals surface area contributed by atoms with Gasteiger partial charge in [-0.3, -0.25) is 14.5 Å². The maximum Gasteiger partial charge on any atom is 0.231 e. The second-order valence-electron chi connectivity index (χ2n) is 6.90. The van der Waals surface area contributed by atoms with Gasteiger partial charge in [0.05, 0.1) is 19.1 Å². The van der Waals surface area contributed by atoms with Crippen LogP contribution in [0.25, 0.3) is 0 Å². The minimum Gasteiger partial charge on any atom is -0.384 e. The van der Waals surface area contributed by atoms with E-state index in [0.29, 0.717) is 19.7 Å². The van der Waals surface area contributed by atoms with Crippen molar-refractivity contribution in [1.82, 2.24) is 10.2 Å². The van der Waals surface area contributed by atoms with Crippen molar-refractivity contribution in [3.63, 3.8) is 0 Å². The molecule has 3 N–H and O–H groups in total. The van der Waals surface area contributed by atoms with Gasteiger partial charge < -0.3 is 15.8 Å². The summed E-state index contributed by atoms with van der Waals surface area (Å²) in [4.78, 5) is 25.4. The molecule has 0 aromatic rings. The number of nitrogens with zero attached hydrogens (tertiary/aromatic N) is 1. The summed E-state index contributed by atoms with van der Waals surface area (Å²) in [6.45, 7) is 3.14. The van der Waals surface area contributed by atoms with Gasteiger partial charge in [-0.15, -0.1) is 0 Å². The molecule has 0 radical (unpaired) electrons. The van der Waals surface area contributed by atoms with Crippen molar-refractivity contribution in [3.8, 4) is 0 Å². The SMILES string of the molecule is COCC1(CNC(=O)C2CCCN(CC(N)=O)C2)CCCC1. The highest BCUT2D eigenvalue weighted by Gasteiger charge is 2.35. The standard InChI is InChI=1S/C16H29N3O3/c1-22-12-16(6-2-3-7-16)11-18-15(21)13-5-4-8-19(9-13)10-14(17)20/h13H,2-12H2,1H3,(H2,17,20)(H,18,21). The van der Waals surface area contributed by atoms with E-state index < -0.39 is 0 Å². The summed E-state index contributed by atoms with van der Waals surface area (Å²) in [7, 11) is 1.73. The lowest BCUT2D eigenvalue weighted by molar-refractivity contribution is -0.128. The van der Waals surface area contributed by atoms with Crippen LogP contribution in [0, 0.1) is 11.3 Å². The van der Waals surface area contributed by atoms with E-state index in [2.05, 4.69) is 5.32 Å². The summed E-state index contributed by atoms with van der Waals surface area (Å²) in [5, 5.41) is 3.13. The van der Waals surface area contributed by atoms with Crippen LogP contribution in [0.3, 0.4) is 0 Å². The first kappa shape index (κ1) is 17.2. The average Bonchev–Trinajstić information content (AvgIpc) is 2.94. The molecule has 0 spiro atoms. The van der Waals surface area contributed by atoms with E-state index in [0.717, 1.165) is 32.2 Å². The van der Waals surface area contributed by atoms with Crippen LogP contribution in [0.15, 0.2) is 0 Å². The van der Waals surface area contributed by atoms with Crippen LogP contribution < -0.4 is 11.1 Å². The van der Waals surface area contributed by atoms with E-state index in [1.165, 1.54) is 12.8 Å². The molecule has 2 aliphatic rings. The number of ether oxygens (including phenoxy) is 1. The molecular weight excluding hydrogens is 282 g/mol. The fourth-order valence-electron chi connectivity index (χ4n) is 3.86. The Morgan fingerprint density at radius 2 is 2.05 bits per heavy atom. The maximum atomic E-state index is 12.4. The molecule has 1 heterocycles. The molecule has 0 aromatic heterocycles. The molecule has 0 bridgehead atoms. The third kappa shape index (κ3) is 4.68. The van der Waals surface area contributed by atoms with Gasteiger partial charge in [-0.2, -0.15) is 0 Å². The van der Waals surface area contributed by atoms with E-state index >= 15 is 0 Å². The predicted octanol–water partition coefficient (Wildman–Crippen LogP) is 0.507. The van der Waals surface area contributed by atoms with Crippen molar-refractivity contribution in [3.05, 3.63) is 0 Å². The molecule has 2 amide bonds.